The van der Waals surface area contributed by atoms with Crippen LogP contribution in [0.4, 0.5) is 9.80 Å². The van der Waals surface area contributed by atoms with Crippen LogP contribution >= 0.6 is 11.3 Å². The van der Waals surface area contributed by atoms with Gasteiger partial charge in [0.1, 0.15) is 5.00 Å². The molecule has 1 aromatic carbocycles. The highest BCUT2D eigenvalue weighted by atomic mass is 32.2. The normalized spacial score (nSPS) is 18.0. The van der Waals surface area contributed by atoms with Crippen LogP contribution in [0.2, 0.25) is 0 Å². The lowest BCUT2D eigenvalue weighted by molar-refractivity contribution is 0.0526. The number of hydrogen-bond donors (Lipinski definition) is 1. The SMILES string of the molecule is CCOC(=O)c1c(NC(=O)c2ccc(S(=O)(=O)N3CCCC[C@@H]3C)cc2)sc2c1CCN(C(=O)OCC)C2. The number of amides is 2. The van der Waals surface area contributed by atoms with Gasteiger partial charge in [-0.1, -0.05) is 6.42 Å². The first-order chi connectivity index (χ1) is 18.2. The van der Waals surface area contributed by atoms with Crippen LogP contribution in [0.25, 0.3) is 0 Å². The van der Waals surface area contributed by atoms with Gasteiger partial charge in [-0.2, -0.15) is 4.31 Å². The summed E-state index contributed by atoms with van der Waals surface area (Å²) in [5.41, 5.74) is 1.30. The smallest absolute Gasteiger partial charge is 0.410 e. The molecule has 2 amide bonds. The van der Waals surface area contributed by atoms with Gasteiger partial charge in [-0.25, -0.2) is 18.0 Å². The summed E-state index contributed by atoms with van der Waals surface area (Å²) in [5.74, 6) is -1.02. The summed E-state index contributed by atoms with van der Waals surface area (Å²) in [6.45, 7) is 6.93. The first-order valence-electron chi connectivity index (χ1n) is 12.8. The molecule has 0 bridgehead atoms. The van der Waals surface area contributed by atoms with Crippen LogP contribution in [0.1, 0.15) is 71.2 Å². The minimum absolute atomic E-state index is 0.0670. The Kier molecular flexibility index (Phi) is 8.74. The van der Waals surface area contributed by atoms with E-state index in [9.17, 15) is 22.8 Å². The van der Waals surface area contributed by atoms with E-state index in [1.54, 1.807) is 18.7 Å². The Labute approximate surface area is 226 Å². The lowest BCUT2D eigenvalue weighted by atomic mass is 10.0. The lowest BCUT2D eigenvalue weighted by Crippen LogP contribution is -2.41. The molecule has 1 fully saturated rings. The fourth-order valence-electron chi connectivity index (χ4n) is 4.80. The minimum atomic E-state index is -3.66. The number of thiophene rings is 1. The van der Waals surface area contributed by atoms with Crippen molar-refractivity contribution in [3.63, 3.8) is 0 Å². The van der Waals surface area contributed by atoms with Crippen molar-refractivity contribution in [3.8, 4) is 0 Å². The molecule has 1 aromatic heterocycles. The molecule has 12 heteroatoms. The number of ether oxygens (including phenoxy) is 2. The van der Waals surface area contributed by atoms with Gasteiger partial charge < -0.3 is 19.7 Å². The fraction of sp³-hybridized carbons (Fsp3) is 0.500. The molecular weight excluding hydrogens is 530 g/mol. The molecule has 206 valence electrons. The first-order valence-corrected chi connectivity index (χ1v) is 15.1. The maximum Gasteiger partial charge on any atom is 0.410 e. The molecule has 0 spiro atoms. The third kappa shape index (κ3) is 5.71. The number of benzene rings is 1. The summed E-state index contributed by atoms with van der Waals surface area (Å²) < 4.78 is 38.1. The molecule has 0 unspecified atom stereocenters. The molecule has 1 N–H and O–H groups in total. The second-order valence-electron chi connectivity index (χ2n) is 9.24. The number of hydrogen-bond acceptors (Lipinski definition) is 8. The quantitative estimate of drug-likeness (QED) is 0.500. The van der Waals surface area contributed by atoms with Crippen LogP contribution in [-0.4, -0.2) is 67.9 Å². The zero-order chi connectivity index (χ0) is 27.4. The fourth-order valence-corrected chi connectivity index (χ4v) is 7.75. The Morgan fingerprint density at radius 1 is 1.05 bits per heavy atom. The molecule has 0 aliphatic carbocycles. The summed E-state index contributed by atoms with van der Waals surface area (Å²) in [6, 6.07) is 5.75. The Hall–Kier alpha value is -2.96. The van der Waals surface area contributed by atoms with Gasteiger partial charge in [0, 0.05) is 29.6 Å². The number of fused-ring (bicyclic) bond motifs is 1. The van der Waals surface area contributed by atoms with E-state index in [4.69, 9.17) is 9.47 Å². The van der Waals surface area contributed by atoms with Gasteiger partial charge in [-0.15, -0.1) is 11.3 Å². The maximum absolute atomic E-state index is 13.1. The Morgan fingerprint density at radius 2 is 1.76 bits per heavy atom. The highest BCUT2D eigenvalue weighted by Gasteiger charge is 2.33. The molecule has 4 rings (SSSR count). The minimum Gasteiger partial charge on any atom is -0.462 e. The van der Waals surface area contributed by atoms with Gasteiger partial charge in [-0.3, -0.25) is 4.79 Å². The monoisotopic (exact) mass is 563 g/mol. The average Bonchev–Trinajstić information content (AvgIpc) is 3.26. The Morgan fingerprint density at radius 3 is 2.42 bits per heavy atom. The maximum atomic E-state index is 13.1. The predicted octanol–water partition coefficient (Wildman–Crippen LogP) is 4.25. The number of carbonyl (C=O) groups excluding carboxylic acids is 3. The summed E-state index contributed by atoms with van der Waals surface area (Å²) >= 11 is 1.22. The zero-order valence-corrected chi connectivity index (χ0v) is 23.5. The second-order valence-corrected chi connectivity index (χ2v) is 12.2. The molecule has 1 saturated heterocycles. The molecule has 2 aliphatic heterocycles. The van der Waals surface area contributed by atoms with Crippen molar-refractivity contribution in [2.75, 3.05) is 31.6 Å². The van der Waals surface area contributed by atoms with Crippen LogP contribution in [0.15, 0.2) is 29.2 Å². The van der Waals surface area contributed by atoms with Gasteiger partial charge in [-0.05, 0) is 69.9 Å². The van der Waals surface area contributed by atoms with E-state index in [1.807, 2.05) is 6.92 Å². The molecule has 3 heterocycles. The van der Waals surface area contributed by atoms with Crippen molar-refractivity contribution in [2.24, 2.45) is 0 Å². The number of nitrogens with zero attached hydrogens (tertiary/aromatic N) is 2. The van der Waals surface area contributed by atoms with Crippen molar-refractivity contribution >= 4 is 44.3 Å². The van der Waals surface area contributed by atoms with E-state index in [2.05, 4.69) is 5.32 Å². The number of piperidine rings is 1. The summed E-state index contributed by atoms with van der Waals surface area (Å²) in [5, 5.41) is 3.14. The van der Waals surface area contributed by atoms with E-state index in [0.29, 0.717) is 30.1 Å². The van der Waals surface area contributed by atoms with Crippen LogP contribution in [0.3, 0.4) is 0 Å². The zero-order valence-electron chi connectivity index (χ0n) is 21.8. The third-order valence-electron chi connectivity index (χ3n) is 6.75. The van der Waals surface area contributed by atoms with Crippen LogP contribution in [0, 0.1) is 0 Å². The van der Waals surface area contributed by atoms with Gasteiger partial charge in [0.15, 0.2) is 0 Å². The summed E-state index contributed by atoms with van der Waals surface area (Å²) in [7, 11) is -3.66. The van der Waals surface area contributed by atoms with E-state index in [-0.39, 0.29) is 36.3 Å². The van der Waals surface area contributed by atoms with Crippen molar-refractivity contribution in [1.82, 2.24) is 9.21 Å². The van der Waals surface area contributed by atoms with E-state index >= 15 is 0 Å². The van der Waals surface area contributed by atoms with Crippen molar-refractivity contribution in [3.05, 3.63) is 45.8 Å². The molecular formula is C26H33N3O7S2. The van der Waals surface area contributed by atoms with Crippen LogP contribution in [-0.2, 0) is 32.5 Å². The van der Waals surface area contributed by atoms with E-state index in [1.165, 1.54) is 39.9 Å². The van der Waals surface area contributed by atoms with Gasteiger partial charge >= 0.3 is 12.1 Å². The number of sulfonamides is 1. The number of rotatable bonds is 7. The van der Waals surface area contributed by atoms with E-state index < -0.39 is 28.0 Å². The first kappa shape index (κ1) is 28.1. The number of anilines is 1. The van der Waals surface area contributed by atoms with Gasteiger partial charge in [0.2, 0.25) is 10.0 Å². The van der Waals surface area contributed by atoms with Crippen molar-refractivity contribution in [2.45, 2.75) is 63.9 Å². The summed E-state index contributed by atoms with van der Waals surface area (Å²) in [6.07, 6.45) is 2.66. The molecule has 2 aromatic rings. The van der Waals surface area contributed by atoms with Crippen LogP contribution in [0.5, 0.6) is 0 Å². The molecule has 1 atom stereocenters. The van der Waals surface area contributed by atoms with Gasteiger partial charge in [0.05, 0.1) is 30.2 Å². The Balaban J connectivity index is 1.56. The summed E-state index contributed by atoms with van der Waals surface area (Å²) in [4.78, 5) is 40.6. The largest absolute Gasteiger partial charge is 0.462 e. The molecule has 0 saturated carbocycles. The molecule has 10 nitrogen and oxygen atoms in total. The average molecular weight is 564 g/mol. The number of esters is 1. The van der Waals surface area contributed by atoms with Crippen molar-refractivity contribution in [1.29, 1.82) is 0 Å². The Bertz CT molecular complexity index is 1300. The topological polar surface area (TPSA) is 122 Å². The van der Waals surface area contributed by atoms with Gasteiger partial charge in [0.25, 0.3) is 5.91 Å². The highest BCUT2D eigenvalue weighted by Crippen LogP contribution is 2.38. The van der Waals surface area contributed by atoms with E-state index in [0.717, 1.165) is 29.7 Å². The standard InChI is InChI=1S/C26H33N3O7S2/c1-4-35-25(31)22-20-13-15-28(26(32)36-5-2)16-21(20)37-24(22)27-23(30)18-9-11-19(12-10-18)38(33,34)29-14-7-6-8-17(29)3/h9-12,17H,4-8,13-16H2,1-3H3,(H,27,30)/t17-/m0/s1. The van der Waals surface area contributed by atoms with Crippen molar-refractivity contribution < 1.29 is 32.3 Å². The lowest BCUT2D eigenvalue weighted by Gasteiger charge is -2.32. The predicted molar refractivity (Wildman–Crippen MR) is 143 cm³/mol. The number of carbonyl (C=O) groups is 3. The third-order valence-corrected chi connectivity index (χ3v) is 9.91. The van der Waals surface area contributed by atoms with Crippen LogP contribution < -0.4 is 5.32 Å². The molecule has 38 heavy (non-hydrogen) atoms. The number of nitrogens with one attached hydrogen (secondary N) is 1. The molecule has 0 radical (unpaired) electrons. The second kappa shape index (κ2) is 11.8. The highest BCUT2D eigenvalue weighted by molar-refractivity contribution is 7.89. The molecule has 2 aliphatic rings.